The minimum absolute atomic E-state index is 0.0912. The number of amides is 1. The molecule has 1 saturated heterocycles. The lowest BCUT2D eigenvalue weighted by Gasteiger charge is -2.25. The molecule has 1 aromatic heterocycles. The van der Waals surface area contributed by atoms with Gasteiger partial charge in [0.25, 0.3) is 5.91 Å². The van der Waals surface area contributed by atoms with Crippen LogP contribution in [0.3, 0.4) is 0 Å². The molecule has 1 aliphatic rings. The van der Waals surface area contributed by atoms with Crippen molar-refractivity contribution in [2.75, 3.05) is 26.3 Å². The van der Waals surface area contributed by atoms with E-state index in [1.54, 1.807) is 18.3 Å². The first-order valence-electron chi connectivity index (χ1n) is 6.04. The molecule has 0 aromatic carbocycles. The van der Waals surface area contributed by atoms with Gasteiger partial charge >= 0.3 is 0 Å². The van der Waals surface area contributed by atoms with Crippen molar-refractivity contribution in [3.63, 3.8) is 0 Å². The number of carbonyl (C=O) groups is 1. The first-order chi connectivity index (χ1) is 9.29. The molecule has 1 fully saturated rings. The van der Waals surface area contributed by atoms with E-state index in [-0.39, 0.29) is 12.1 Å². The van der Waals surface area contributed by atoms with Gasteiger partial charge in [0.15, 0.2) is 0 Å². The number of hydrogen-bond donors (Lipinski definition) is 1. The average molecular weight is 261 g/mol. The van der Waals surface area contributed by atoms with Gasteiger partial charge in [0.2, 0.25) is 0 Å². The van der Waals surface area contributed by atoms with Crippen molar-refractivity contribution in [3.8, 4) is 6.07 Å². The van der Waals surface area contributed by atoms with E-state index in [1.165, 1.54) is 6.26 Å². The number of furan rings is 1. The number of nitriles is 1. The SMILES string of the molecule is N#C/C(=C/N1CCOCC1)C(=O)NCc1ccco1. The van der Waals surface area contributed by atoms with Crippen LogP contribution in [0.4, 0.5) is 0 Å². The van der Waals surface area contributed by atoms with E-state index < -0.39 is 5.91 Å². The molecule has 0 aliphatic carbocycles. The Hall–Kier alpha value is -2.26. The average Bonchev–Trinajstić information content (AvgIpc) is 2.96. The second kappa shape index (κ2) is 6.61. The highest BCUT2D eigenvalue weighted by Crippen LogP contribution is 2.03. The summed E-state index contributed by atoms with van der Waals surface area (Å²) in [6, 6.07) is 5.42. The summed E-state index contributed by atoms with van der Waals surface area (Å²) in [5, 5.41) is 11.7. The van der Waals surface area contributed by atoms with E-state index in [2.05, 4.69) is 5.32 Å². The molecule has 0 bridgehead atoms. The van der Waals surface area contributed by atoms with Crippen molar-refractivity contribution in [2.45, 2.75) is 6.54 Å². The number of ether oxygens (including phenoxy) is 1. The standard InChI is InChI=1S/C13H15N3O3/c14-8-11(10-16-3-6-18-7-4-16)13(17)15-9-12-2-1-5-19-12/h1-2,5,10H,3-4,6-7,9H2,(H,15,17)/b11-10-. The Morgan fingerprint density at radius 3 is 2.95 bits per heavy atom. The van der Waals surface area contributed by atoms with E-state index in [4.69, 9.17) is 14.4 Å². The molecule has 6 nitrogen and oxygen atoms in total. The fraction of sp³-hybridized carbons (Fsp3) is 0.385. The molecule has 0 saturated carbocycles. The Bertz CT molecular complexity index is 482. The Balaban J connectivity index is 1.91. The van der Waals surface area contributed by atoms with Crippen LogP contribution in [-0.2, 0) is 16.1 Å². The highest BCUT2D eigenvalue weighted by atomic mass is 16.5. The Morgan fingerprint density at radius 1 is 1.53 bits per heavy atom. The minimum Gasteiger partial charge on any atom is -0.467 e. The molecule has 1 aliphatic heterocycles. The third-order valence-electron chi connectivity index (χ3n) is 2.73. The van der Waals surface area contributed by atoms with E-state index in [0.29, 0.717) is 32.1 Å². The second-order valence-electron chi connectivity index (χ2n) is 4.06. The van der Waals surface area contributed by atoms with Gasteiger partial charge in [-0.15, -0.1) is 0 Å². The lowest BCUT2D eigenvalue weighted by Crippen LogP contribution is -2.33. The number of nitrogens with zero attached hydrogens (tertiary/aromatic N) is 2. The molecule has 0 radical (unpaired) electrons. The van der Waals surface area contributed by atoms with Gasteiger partial charge in [-0.1, -0.05) is 0 Å². The van der Waals surface area contributed by atoms with Crippen molar-refractivity contribution in [1.82, 2.24) is 10.2 Å². The van der Waals surface area contributed by atoms with E-state index in [0.717, 1.165) is 0 Å². The summed E-state index contributed by atoms with van der Waals surface area (Å²) in [6.45, 7) is 2.88. The van der Waals surface area contributed by atoms with Crippen LogP contribution < -0.4 is 5.32 Å². The molecule has 1 aromatic rings. The summed E-state index contributed by atoms with van der Waals surface area (Å²) in [5.41, 5.74) is 0.0912. The summed E-state index contributed by atoms with van der Waals surface area (Å²) >= 11 is 0. The number of nitrogens with one attached hydrogen (secondary N) is 1. The minimum atomic E-state index is -0.398. The van der Waals surface area contributed by atoms with Crippen molar-refractivity contribution in [2.24, 2.45) is 0 Å². The van der Waals surface area contributed by atoms with Crippen LogP contribution in [0, 0.1) is 11.3 Å². The number of rotatable bonds is 4. The molecular weight excluding hydrogens is 246 g/mol. The lowest BCUT2D eigenvalue weighted by atomic mass is 10.2. The molecule has 0 unspecified atom stereocenters. The van der Waals surface area contributed by atoms with Crippen LogP contribution in [0.25, 0.3) is 0 Å². The van der Waals surface area contributed by atoms with Crippen molar-refractivity contribution in [3.05, 3.63) is 35.9 Å². The highest BCUT2D eigenvalue weighted by Gasteiger charge is 2.13. The molecule has 2 heterocycles. The van der Waals surface area contributed by atoms with Crippen molar-refractivity contribution < 1.29 is 13.9 Å². The van der Waals surface area contributed by atoms with Gasteiger partial charge in [-0.05, 0) is 12.1 Å². The Kier molecular flexibility index (Phi) is 4.59. The summed E-state index contributed by atoms with van der Waals surface area (Å²) in [7, 11) is 0. The summed E-state index contributed by atoms with van der Waals surface area (Å²) in [5.74, 6) is 0.252. The topological polar surface area (TPSA) is 78.5 Å². The molecule has 0 spiro atoms. The van der Waals surface area contributed by atoms with Crippen molar-refractivity contribution >= 4 is 5.91 Å². The predicted octanol–water partition coefficient (Wildman–Crippen LogP) is 0.635. The largest absolute Gasteiger partial charge is 0.467 e. The molecule has 6 heteroatoms. The van der Waals surface area contributed by atoms with Gasteiger partial charge in [-0.3, -0.25) is 4.79 Å². The predicted molar refractivity (Wildman–Crippen MR) is 66.6 cm³/mol. The van der Waals surface area contributed by atoms with Gasteiger partial charge in [0.1, 0.15) is 17.4 Å². The molecular formula is C13H15N3O3. The van der Waals surface area contributed by atoms with Crippen LogP contribution in [-0.4, -0.2) is 37.1 Å². The van der Waals surface area contributed by atoms with Crippen LogP contribution >= 0.6 is 0 Å². The fourth-order valence-electron chi connectivity index (χ4n) is 1.70. The number of morpholine rings is 1. The quantitative estimate of drug-likeness (QED) is 0.635. The normalized spacial score (nSPS) is 15.9. The van der Waals surface area contributed by atoms with Gasteiger partial charge in [-0.2, -0.15) is 5.26 Å². The molecule has 19 heavy (non-hydrogen) atoms. The lowest BCUT2D eigenvalue weighted by molar-refractivity contribution is -0.117. The third-order valence-corrected chi connectivity index (χ3v) is 2.73. The van der Waals surface area contributed by atoms with E-state index in [1.807, 2.05) is 11.0 Å². The van der Waals surface area contributed by atoms with E-state index in [9.17, 15) is 4.79 Å². The van der Waals surface area contributed by atoms with Gasteiger partial charge in [0, 0.05) is 19.3 Å². The first-order valence-corrected chi connectivity index (χ1v) is 6.04. The molecule has 100 valence electrons. The van der Waals surface area contributed by atoms with Gasteiger partial charge in [-0.25, -0.2) is 0 Å². The van der Waals surface area contributed by atoms with Gasteiger partial charge in [0.05, 0.1) is 26.0 Å². The van der Waals surface area contributed by atoms with Crippen LogP contribution in [0.5, 0.6) is 0 Å². The maximum Gasteiger partial charge on any atom is 0.263 e. The fourth-order valence-corrected chi connectivity index (χ4v) is 1.70. The smallest absolute Gasteiger partial charge is 0.263 e. The molecule has 0 atom stereocenters. The number of hydrogen-bond acceptors (Lipinski definition) is 5. The van der Waals surface area contributed by atoms with Crippen LogP contribution in [0.1, 0.15) is 5.76 Å². The zero-order chi connectivity index (χ0) is 13.5. The summed E-state index contributed by atoms with van der Waals surface area (Å²) in [4.78, 5) is 13.8. The maximum absolute atomic E-state index is 11.8. The Labute approximate surface area is 111 Å². The molecule has 1 amide bonds. The highest BCUT2D eigenvalue weighted by molar-refractivity contribution is 5.97. The first kappa shape index (κ1) is 13.2. The van der Waals surface area contributed by atoms with Gasteiger partial charge < -0.3 is 19.4 Å². The van der Waals surface area contributed by atoms with Crippen LogP contribution in [0.2, 0.25) is 0 Å². The monoisotopic (exact) mass is 261 g/mol. The summed E-state index contributed by atoms with van der Waals surface area (Å²) < 4.78 is 10.3. The Morgan fingerprint density at radius 2 is 2.32 bits per heavy atom. The zero-order valence-electron chi connectivity index (χ0n) is 10.5. The molecule has 2 rings (SSSR count). The van der Waals surface area contributed by atoms with Crippen LogP contribution in [0.15, 0.2) is 34.6 Å². The maximum atomic E-state index is 11.8. The zero-order valence-corrected chi connectivity index (χ0v) is 10.5. The third kappa shape index (κ3) is 3.86. The van der Waals surface area contributed by atoms with E-state index >= 15 is 0 Å². The number of carbonyl (C=O) groups excluding carboxylic acids is 1. The summed E-state index contributed by atoms with van der Waals surface area (Å²) in [6.07, 6.45) is 3.12. The molecule has 1 N–H and O–H groups in total. The van der Waals surface area contributed by atoms with Crippen molar-refractivity contribution in [1.29, 1.82) is 5.26 Å². The second-order valence-corrected chi connectivity index (χ2v) is 4.06.